The van der Waals surface area contributed by atoms with Crippen LogP contribution in [0.3, 0.4) is 0 Å². The van der Waals surface area contributed by atoms with Gasteiger partial charge in [-0.25, -0.2) is 9.50 Å². The van der Waals surface area contributed by atoms with Crippen molar-refractivity contribution < 1.29 is 9.59 Å². The molecule has 116 valence electrons. The molecule has 0 saturated carbocycles. The van der Waals surface area contributed by atoms with Gasteiger partial charge in [0.2, 0.25) is 0 Å². The van der Waals surface area contributed by atoms with E-state index in [9.17, 15) is 9.59 Å². The van der Waals surface area contributed by atoms with Crippen molar-refractivity contribution in [1.29, 1.82) is 0 Å². The van der Waals surface area contributed by atoms with E-state index in [4.69, 9.17) is 5.73 Å². The van der Waals surface area contributed by atoms with Crippen molar-refractivity contribution in [3.8, 4) is 0 Å². The predicted molar refractivity (Wildman–Crippen MR) is 79.5 cm³/mol. The topological polar surface area (TPSA) is 106 Å². The second-order valence-electron chi connectivity index (χ2n) is 6.03. The lowest BCUT2D eigenvalue weighted by molar-refractivity contribution is 0.0643. The van der Waals surface area contributed by atoms with E-state index in [1.165, 1.54) is 16.9 Å². The first-order chi connectivity index (χ1) is 10.4. The van der Waals surface area contributed by atoms with E-state index in [0.29, 0.717) is 24.4 Å². The number of amides is 2. The molecule has 2 aromatic heterocycles. The number of piperazine rings is 1. The summed E-state index contributed by atoms with van der Waals surface area (Å²) in [6.45, 7) is 6.05. The number of aromatic nitrogens is 3. The summed E-state index contributed by atoms with van der Waals surface area (Å²) in [4.78, 5) is 30.0. The van der Waals surface area contributed by atoms with E-state index < -0.39 is 5.91 Å². The van der Waals surface area contributed by atoms with Crippen LogP contribution < -0.4 is 11.1 Å². The Hall–Kier alpha value is -2.48. The van der Waals surface area contributed by atoms with Crippen LogP contribution in [0.5, 0.6) is 0 Å². The van der Waals surface area contributed by atoms with Gasteiger partial charge in [0.15, 0.2) is 5.65 Å². The second kappa shape index (κ2) is 5.06. The zero-order valence-corrected chi connectivity index (χ0v) is 12.5. The number of primary amides is 1. The monoisotopic (exact) mass is 302 g/mol. The number of hydrogen-bond donors (Lipinski definition) is 2. The van der Waals surface area contributed by atoms with Gasteiger partial charge in [-0.3, -0.25) is 9.59 Å². The molecule has 0 aromatic carbocycles. The third kappa shape index (κ3) is 2.41. The molecule has 0 spiro atoms. The van der Waals surface area contributed by atoms with Crippen LogP contribution in [0, 0.1) is 0 Å². The summed E-state index contributed by atoms with van der Waals surface area (Å²) in [6.07, 6.45) is 2.83. The quantitative estimate of drug-likeness (QED) is 0.789. The minimum Gasteiger partial charge on any atom is -0.365 e. The predicted octanol–water partition coefficient (Wildman–Crippen LogP) is -0.348. The maximum atomic E-state index is 12.8. The highest BCUT2D eigenvalue weighted by atomic mass is 16.2. The molecule has 22 heavy (non-hydrogen) atoms. The molecule has 2 amide bonds. The number of nitrogens with one attached hydrogen (secondary N) is 1. The molecule has 8 heteroatoms. The van der Waals surface area contributed by atoms with Gasteiger partial charge in [0.1, 0.15) is 11.3 Å². The van der Waals surface area contributed by atoms with Gasteiger partial charge in [-0.2, -0.15) is 5.10 Å². The van der Waals surface area contributed by atoms with Gasteiger partial charge in [0.05, 0.1) is 6.20 Å². The number of carbonyl (C=O) groups is 2. The molecule has 1 aliphatic heterocycles. The van der Waals surface area contributed by atoms with Crippen LogP contribution in [0.2, 0.25) is 0 Å². The first-order valence-corrected chi connectivity index (χ1v) is 7.06. The number of carbonyl (C=O) groups excluding carboxylic acids is 2. The van der Waals surface area contributed by atoms with E-state index in [-0.39, 0.29) is 17.0 Å². The first kappa shape index (κ1) is 14.5. The Kier molecular flexibility index (Phi) is 3.32. The van der Waals surface area contributed by atoms with Crippen LogP contribution in [0.15, 0.2) is 18.5 Å². The van der Waals surface area contributed by atoms with Crippen molar-refractivity contribution in [3.05, 3.63) is 29.7 Å². The molecule has 3 rings (SSSR count). The Balaban J connectivity index is 1.99. The lowest BCUT2D eigenvalue weighted by atomic mass is 10.0. The number of hydrogen-bond acceptors (Lipinski definition) is 5. The molecule has 2 aromatic rings. The molecule has 3 N–H and O–H groups in total. The van der Waals surface area contributed by atoms with Crippen molar-refractivity contribution in [3.63, 3.8) is 0 Å². The molecule has 8 nitrogen and oxygen atoms in total. The van der Waals surface area contributed by atoms with Crippen molar-refractivity contribution in [2.75, 3.05) is 19.6 Å². The summed E-state index contributed by atoms with van der Waals surface area (Å²) in [5.41, 5.74) is 6.03. The van der Waals surface area contributed by atoms with E-state index in [0.717, 1.165) is 6.54 Å². The molecule has 0 unspecified atom stereocenters. The second-order valence-corrected chi connectivity index (χ2v) is 6.03. The SMILES string of the molecule is CC1(C)CN(C(=O)c2ccnc3c(C(N)=O)cnn23)CCN1. The summed E-state index contributed by atoms with van der Waals surface area (Å²) < 4.78 is 1.37. The Morgan fingerprint density at radius 3 is 2.86 bits per heavy atom. The van der Waals surface area contributed by atoms with Crippen LogP contribution in [0.25, 0.3) is 5.65 Å². The van der Waals surface area contributed by atoms with Gasteiger partial charge in [-0.1, -0.05) is 0 Å². The Morgan fingerprint density at radius 1 is 1.41 bits per heavy atom. The summed E-state index contributed by atoms with van der Waals surface area (Å²) in [5, 5.41) is 7.44. The van der Waals surface area contributed by atoms with Crippen molar-refractivity contribution in [2.45, 2.75) is 19.4 Å². The molecule has 1 fully saturated rings. The fourth-order valence-corrected chi connectivity index (χ4v) is 2.70. The van der Waals surface area contributed by atoms with Crippen LogP contribution in [-0.4, -0.2) is 56.5 Å². The van der Waals surface area contributed by atoms with Crippen molar-refractivity contribution in [2.24, 2.45) is 5.73 Å². The van der Waals surface area contributed by atoms with Crippen LogP contribution in [-0.2, 0) is 0 Å². The third-order valence-electron chi connectivity index (χ3n) is 3.74. The van der Waals surface area contributed by atoms with Gasteiger partial charge in [0, 0.05) is 31.4 Å². The highest BCUT2D eigenvalue weighted by Crippen LogP contribution is 2.15. The molecular formula is C14H18N6O2. The molecule has 0 aliphatic carbocycles. The fraction of sp³-hybridized carbons (Fsp3) is 0.429. The Morgan fingerprint density at radius 2 is 2.18 bits per heavy atom. The van der Waals surface area contributed by atoms with E-state index in [1.54, 1.807) is 11.0 Å². The zero-order chi connectivity index (χ0) is 15.9. The normalized spacial score (nSPS) is 17.6. The largest absolute Gasteiger partial charge is 0.365 e. The summed E-state index contributed by atoms with van der Waals surface area (Å²) in [7, 11) is 0. The summed E-state index contributed by atoms with van der Waals surface area (Å²) in [6, 6.07) is 1.60. The maximum absolute atomic E-state index is 12.8. The number of nitrogens with zero attached hydrogens (tertiary/aromatic N) is 4. The molecule has 1 aliphatic rings. The lowest BCUT2D eigenvalue weighted by Crippen LogP contribution is -2.58. The average molecular weight is 302 g/mol. The minimum absolute atomic E-state index is 0.136. The third-order valence-corrected chi connectivity index (χ3v) is 3.74. The smallest absolute Gasteiger partial charge is 0.272 e. The van der Waals surface area contributed by atoms with Crippen molar-refractivity contribution in [1.82, 2.24) is 24.8 Å². The zero-order valence-electron chi connectivity index (χ0n) is 12.5. The van der Waals surface area contributed by atoms with Gasteiger partial charge in [-0.15, -0.1) is 0 Å². The fourth-order valence-electron chi connectivity index (χ4n) is 2.70. The molecular weight excluding hydrogens is 284 g/mol. The van der Waals surface area contributed by atoms with Gasteiger partial charge >= 0.3 is 0 Å². The molecule has 0 bridgehead atoms. The summed E-state index contributed by atoms with van der Waals surface area (Å²) in [5.74, 6) is -0.753. The van der Waals surface area contributed by atoms with Crippen molar-refractivity contribution >= 4 is 17.5 Å². The Bertz CT molecular complexity index is 751. The highest BCUT2D eigenvalue weighted by Gasteiger charge is 2.30. The van der Waals surface area contributed by atoms with E-state index in [2.05, 4.69) is 15.4 Å². The standard InChI is InChI=1S/C14H18N6O2/c1-14(2)8-19(6-5-17-14)13(22)10-3-4-16-12-9(11(15)21)7-18-20(10)12/h3-4,7,17H,5-6,8H2,1-2H3,(H2,15,21). The molecule has 1 saturated heterocycles. The number of nitrogens with two attached hydrogens (primary N) is 1. The van der Waals surface area contributed by atoms with Crippen LogP contribution in [0.1, 0.15) is 34.7 Å². The van der Waals surface area contributed by atoms with E-state index in [1.807, 2.05) is 13.8 Å². The highest BCUT2D eigenvalue weighted by molar-refractivity contribution is 5.99. The number of rotatable bonds is 2. The van der Waals surface area contributed by atoms with Gasteiger partial charge in [-0.05, 0) is 19.9 Å². The Labute approximate surface area is 127 Å². The maximum Gasteiger partial charge on any atom is 0.272 e. The average Bonchev–Trinajstić information content (AvgIpc) is 2.89. The first-order valence-electron chi connectivity index (χ1n) is 7.06. The van der Waals surface area contributed by atoms with E-state index >= 15 is 0 Å². The van der Waals surface area contributed by atoms with Gasteiger partial charge < -0.3 is 16.0 Å². The molecule has 0 atom stereocenters. The van der Waals surface area contributed by atoms with Crippen LogP contribution in [0.4, 0.5) is 0 Å². The van der Waals surface area contributed by atoms with Gasteiger partial charge in [0.25, 0.3) is 11.8 Å². The minimum atomic E-state index is -0.615. The summed E-state index contributed by atoms with van der Waals surface area (Å²) >= 11 is 0. The molecule has 3 heterocycles. The molecule has 0 radical (unpaired) electrons. The number of fused-ring (bicyclic) bond motifs is 1. The van der Waals surface area contributed by atoms with Crippen LogP contribution >= 0.6 is 0 Å². The lowest BCUT2D eigenvalue weighted by Gasteiger charge is -2.39.